The summed E-state index contributed by atoms with van der Waals surface area (Å²) >= 11 is 0. The molecular formula is C27H28N6. The van der Waals surface area contributed by atoms with Gasteiger partial charge in [0, 0.05) is 67.3 Å². The molecule has 6 heteroatoms. The number of nitrogens with zero attached hydrogens (tertiary/aromatic N) is 4. The molecule has 1 saturated heterocycles. The Bertz CT molecular complexity index is 1420. The highest BCUT2D eigenvalue weighted by Crippen LogP contribution is 2.33. The van der Waals surface area contributed by atoms with Crippen molar-refractivity contribution in [1.29, 1.82) is 0 Å². The molecule has 166 valence electrons. The van der Waals surface area contributed by atoms with Gasteiger partial charge in [-0.25, -0.2) is 9.97 Å². The number of aromatic amines is 2. The highest BCUT2D eigenvalue weighted by atomic mass is 15.2. The first-order valence-electron chi connectivity index (χ1n) is 11.6. The predicted molar refractivity (Wildman–Crippen MR) is 134 cm³/mol. The van der Waals surface area contributed by atoms with Crippen molar-refractivity contribution in [3.63, 3.8) is 0 Å². The van der Waals surface area contributed by atoms with Crippen LogP contribution in [-0.2, 0) is 6.54 Å². The lowest BCUT2D eigenvalue weighted by Crippen LogP contribution is -2.43. The van der Waals surface area contributed by atoms with E-state index in [2.05, 4.69) is 76.2 Å². The lowest BCUT2D eigenvalue weighted by atomic mass is 10.0. The molecule has 1 aromatic carbocycles. The van der Waals surface area contributed by atoms with E-state index in [0.29, 0.717) is 0 Å². The van der Waals surface area contributed by atoms with Gasteiger partial charge in [-0.3, -0.25) is 4.90 Å². The van der Waals surface area contributed by atoms with Gasteiger partial charge >= 0.3 is 0 Å². The Morgan fingerprint density at radius 3 is 2.58 bits per heavy atom. The van der Waals surface area contributed by atoms with E-state index >= 15 is 0 Å². The summed E-state index contributed by atoms with van der Waals surface area (Å²) in [4.78, 5) is 21.2. The van der Waals surface area contributed by atoms with Gasteiger partial charge in [0.2, 0.25) is 0 Å². The van der Waals surface area contributed by atoms with Gasteiger partial charge in [0.25, 0.3) is 0 Å². The van der Waals surface area contributed by atoms with Gasteiger partial charge in [0.05, 0.1) is 16.7 Å². The van der Waals surface area contributed by atoms with E-state index in [0.717, 1.165) is 77.3 Å². The van der Waals surface area contributed by atoms with Crippen LogP contribution in [0.2, 0.25) is 0 Å². The number of pyridine rings is 2. The van der Waals surface area contributed by atoms with Crippen molar-refractivity contribution >= 4 is 22.1 Å². The predicted octanol–water partition coefficient (Wildman–Crippen LogP) is 4.83. The van der Waals surface area contributed by atoms with Crippen LogP contribution in [-0.4, -0.2) is 63.0 Å². The second-order valence-corrected chi connectivity index (χ2v) is 9.13. The summed E-state index contributed by atoms with van der Waals surface area (Å²) in [5.74, 6) is 0. The fourth-order valence-corrected chi connectivity index (χ4v) is 4.83. The van der Waals surface area contributed by atoms with Gasteiger partial charge in [-0.1, -0.05) is 24.3 Å². The minimum Gasteiger partial charge on any atom is -0.360 e. The van der Waals surface area contributed by atoms with Crippen molar-refractivity contribution in [2.24, 2.45) is 0 Å². The lowest BCUT2D eigenvalue weighted by Gasteiger charge is -2.32. The standard InChI is InChI=1S/C27H28N6/c1-18-26(25-8-7-23-24(31-25)9-10-28-23)22-15-21(16-29-27(22)30-18)20-5-3-19(4-6-20)17-33-13-11-32(2)12-14-33/h3-10,15-16,28H,11-14,17H2,1-2H3,(H,29,30). The number of likely N-dealkylation sites (N-methyl/N-ethyl adjacent to an activating group) is 1. The molecule has 6 nitrogen and oxygen atoms in total. The number of hydrogen-bond acceptors (Lipinski definition) is 4. The maximum absolute atomic E-state index is 4.88. The van der Waals surface area contributed by atoms with Crippen LogP contribution < -0.4 is 0 Å². The van der Waals surface area contributed by atoms with Crippen LogP contribution in [0.15, 0.2) is 60.9 Å². The average molecular weight is 437 g/mol. The van der Waals surface area contributed by atoms with E-state index in [9.17, 15) is 0 Å². The molecule has 2 N–H and O–H groups in total. The first-order valence-corrected chi connectivity index (χ1v) is 11.6. The van der Waals surface area contributed by atoms with Crippen molar-refractivity contribution in [1.82, 2.24) is 29.7 Å². The summed E-state index contributed by atoms with van der Waals surface area (Å²) in [5, 5.41) is 1.11. The van der Waals surface area contributed by atoms with Crippen molar-refractivity contribution in [2.75, 3.05) is 33.2 Å². The molecule has 0 radical (unpaired) electrons. The molecule has 0 aliphatic carbocycles. The van der Waals surface area contributed by atoms with Gasteiger partial charge in [-0.2, -0.15) is 0 Å². The number of aromatic nitrogens is 4. The van der Waals surface area contributed by atoms with Gasteiger partial charge < -0.3 is 14.9 Å². The molecule has 0 atom stereocenters. The third kappa shape index (κ3) is 3.81. The molecule has 5 aromatic rings. The summed E-state index contributed by atoms with van der Waals surface area (Å²) in [6.07, 6.45) is 3.89. The first kappa shape index (κ1) is 20.1. The molecule has 0 bridgehead atoms. The zero-order chi connectivity index (χ0) is 22.4. The topological polar surface area (TPSA) is 63.8 Å². The number of rotatable bonds is 4. The molecule has 6 rings (SSSR count). The maximum Gasteiger partial charge on any atom is 0.138 e. The molecule has 0 saturated carbocycles. The van der Waals surface area contributed by atoms with Gasteiger partial charge in [0.1, 0.15) is 5.65 Å². The number of piperazine rings is 1. The Kier molecular flexibility index (Phi) is 4.97. The van der Waals surface area contributed by atoms with Crippen LogP contribution in [0, 0.1) is 6.92 Å². The fourth-order valence-electron chi connectivity index (χ4n) is 4.83. The summed E-state index contributed by atoms with van der Waals surface area (Å²) in [6.45, 7) is 7.67. The normalized spacial score (nSPS) is 15.6. The fraction of sp³-hybridized carbons (Fsp3) is 0.259. The van der Waals surface area contributed by atoms with Crippen LogP contribution >= 0.6 is 0 Å². The van der Waals surface area contributed by atoms with Gasteiger partial charge in [-0.05, 0) is 49.4 Å². The zero-order valence-corrected chi connectivity index (χ0v) is 19.1. The quantitative estimate of drug-likeness (QED) is 0.424. The average Bonchev–Trinajstić information content (AvgIpc) is 3.43. The molecule has 33 heavy (non-hydrogen) atoms. The molecule has 5 heterocycles. The van der Waals surface area contributed by atoms with Gasteiger partial charge in [0.15, 0.2) is 0 Å². The van der Waals surface area contributed by atoms with Crippen molar-refractivity contribution < 1.29 is 0 Å². The number of fused-ring (bicyclic) bond motifs is 2. The van der Waals surface area contributed by atoms with Crippen LogP contribution in [0.4, 0.5) is 0 Å². The summed E-state index contributed by atoms with van der Waals surface area (Å²) in [7, 11) is 2.20. The minimum absolute atomic E-state index is 0.897. The molecule has 0 unspecified atom stereocenters. The second kappa shape index (κ2) is 8.14. The summed E-state index contributed by atoms with van der Waals surface area (Å²) < 4.78 is 0. The maximum atomic E-state index is 4.88. The molecule has 1 fully saturated rings. The van der Waals surface area contributed by atoms with Crippen molar-refractivity contribution in [3.05, 3.63) is 72.2 Å². The third-order valence-electron chi connectivity index (χ3n) is 6.79. The van der Waals surface area contributed by atoms with E-state index in [-0.39, 0.29) is 0 Å². The molecule has 1 aliphatic heterocycles. The second-order valence-electron chi connectivity index (χ2n) is 9.13. The molecule has 1 aliphatic rings. The Morgan fingerprint density at radius 2 is 1.76 bits per heavy atom. The zero-order valence-electron chi connectivity index (χ0n) is 19.1. The van der Waals surface area contributed by atoms with Crippen LogP contribution in [0.1, 0.15) is 11.3 Å². The largest absolute Gasteiger partial charge is 0.360 e. The van der Waals surface area contributed by atoms with E-state index in [1.165, 1.54) is 11.1 Å². The van der Waals surface area contributed by atoms with E-state index in [1.54, 1.807) is 0 Å². The lowest BCUT2D eigenvalue weighted by molar-refractivity contribution is 0.148. The molecule has 0 amide bonds. The highest BCUT2D eigenvalue weighted by molar-refractivity contribution is 5.97. The summed E-state index contributed by atoms with van der Waals surface area (Å²) in [5.41, 5.74) is 9.75. The van der Waals surface area contributed by atoms with Crippen LogP contribution in [0.3, 0.4) is 0 Å². The van der Waals surface area contributed by atoms with Crippen molar-refractivity contribution in [2.45, 2.75) is 13.5 Å². The first-order chi connectivity index (χ1) is 16.1. The Balaban J connectivity index is 1.31. The Morgan fingerprint density at radius 1 is 0.939 bits per heavy atom. The number of hydrogen-bond donors (Lipinski definition) is 2. The Hall–Kier alpha value is -3.48. The highest BCUT2D eigenvalue weighted by Gasteiger charge is 2.16. The van der Waals surface area contributed by atoms with E-state index in [1.807, 2.05) is 18.5 Å². The summed E-state index contributed by atoms with van der Waals surface area (Å²) in [6, 6.07) is 17.4. The van der Waals surface area contributed by atoms with Gasteiger partial charge in [-0.15, -0.1) is 0 Å². The Labute approximate surface area is 193 Å². The van der Waals surface area contributed by atoms with Crippen LogP contribution in [0.5, 0.6) is 0 Å². The number of aryl methyl sites for hydroxylation is 1. The van der Waals surface area contributed by atoms with E-state index in [4.69, 9.17) is 9.97 Å². The number of benzene rings is 1. The van der Waals surface area contributed by atoms with E-state index < -0.39 is 0 Å². The number of H-pyrrole nitrogens is 2. The van der Waals surface area contributed by atoms with Crippen LogP contribution in [0.25, 0.3) is 44.5 Å². The van der Waals surface area contributed by atoms with Crippen molar-refractivity contribution in [3.8, 4) is 22.4 Å². The molecular weight excluding hydrogens is 408 g/mol. The third-order valence-corrected chi connectivity index (χ3v) is 6.79. The molecule has 0 spiro atoms. The smallest absolute Gasteiger partial charge is 0.138 e. The monoisotopic (exact) mass is 436 g/mol. The SMILES string of the molecule is Cc1[nH]c2ncc(-c3ccc(CN4CCN(C)CC4)cc3)cc2c1-c1ccc2[nH]ccc2n1. The number of nitrogens with one attached hydrogen (secondary N) is 2. The molecule has 4 aromatic heterocycles. The minimum atomic E-state index is 0.897.